The van der Waals surface area contributed by atoms with Gasteiger partial charge in [-0.05, 0) is 31.5 Å². The third-order valence-electron chi connectivity index (χ3n) is 6.84. The largest absolute Gasteiger partial charge is 0.497 e. The molecule has 2 aromatic heterocycles. The monoisotopic (exact) mass is 475 g/mol. The van der Waals surface area contributed by atoms with Gasteiger partial charge in [0, 0.05) is 25.7 Å². The van der Waals surface area contributed by atoms with Crippen molar-refractivity contribution in [2.24, 2.45) is 14.1 Å². The molecule has 0 fully saturated rings. The Kier molecular flexibility index (Phi) is 5.36. The van der Waals surface area contributed by atoms with Crippen LogP contribution in [-0.2, 0) is 24.4 Å². The van der Waals surface area contributed by atoms with E-state index in [1.165, 1.54) is 7.05 Å². The molecule has 0 saturated heterocycles. The second kappa shape index (κ2) is 8.16. The molecule has 5 rings (SSSR count). The fourth-order valence-electron chi connectivity index (χ4n) is 5.14. The maximum Gasteiger partial charge on any atom is 0.331 e. The van der Waals surface area contributed by atoms with E-state index in [2.05, 4.69) is 18.4 Å². The lowest BCUT2D eigenvalue weighted by atomic mass is 9.97. The second-order valence-electron chi connectivity index (χ2n) is 9.48. The minimum Gasteiger partial charge on any atom is -0.497 e. The lowest BCUT2D eigenvalue weighted by Crippen LogP contribution is -2.40. The van der Waals surface area contributed by atoms with Gasteiger partial charge in [0.05, 0.1) is 48.7 Å². The number of aryl methyl sites for hydroxylation is 1. The van der Waals surface area contributed by atoms with Gasteiger partial charge in [0.25, 0.3) is 5.56 Å². The summed E-state index contributed by atoms with van der Waals surface area (Å²) in [4.78, 5) is 26.7. The predicted molar refractivity (Wildman–Crippen MR) is 135 cm³/mol. The highest BCUT2D eigenvalue weighted by Gasteiger charge is 2.41. The Labute approximate surface area is 202 Å². The van der Waals surface area contributed by atoms with Crippen LogP contribution in [0.4, 0.5) is 0 Å². The average Bonchev–Trinajstić information content (AvgIpc) is 3.24. The van der Waals surface area contributed by atoms with Gasteiger partial charge >= 0.3 is 5.69 Å². The van der Waals surface area contributed by atoms with Crippen molar-refractivity contribution in [3.8, 4) is 22.8 Å². The molecule has 3 heterocycles. The Balaban J connectivity index is 1.98. The molecular formula is C27H29N3O5. The normalized spacial score (nSPS) is 16.8. The number of methoxy groups -OCH3 is 2. The summed E-state index contributed by atoms with van der Waals surface area (Å²) in [7, 11) is 6.41. The zero-order chi connectivity index (χ0) is 25.1. The van der Waals surface area contributed by atoms with Crippen molar-refractivity contribution < 1.29 is 14.2 Å². The van der Waals surface area contributed by atoms with Crippen molar-refractivity contribution in [2.45, 2.75) is 25.5 Å². The lowest BCUT2D eigenvalue weighted by Gasteiger charge is -2.39. The van der Waals surface area contributed by atoms with Gasteiger partial charge in [0.2, 0.25) is 0 Å². The molecule has 1 aliphatic heterocycles. The highest BCUT2D eigenvalue weighted by molar-refractivity contribution is 5.96. The van der Waals surface area contributed by atoms with Crippen LogP contribution in [0.25, 0.3) is 22.2 Å². The van der Waals surface area contributed by atoms with Gasteiger partial charge in [-0.2, -0.15) is 0 Å². The molecule has 0 spiro atoms. The quantitative estimate of drug-likeness (QED) is 0.451. The van der Waals surface area contributed by atoms with Gasteiger partial charge in [-0.1, -0.05) is 30.3 Å². The van der Waals surface area contributed by atoms with Crippen LogP contribution in [0.5, 0.6) is 11.5 Å². The molecule has 0 bridgehead atoms. The Morgan fingerprint density at radius 2 is 1.69 bits per heavy atom. The molecule has 0 aliphatic carbocycles. The highest BCUT2D eigenvalue weighted by Crippen LogP contribution is 2.47. The number of fused-ring (bicyclic) bond motifs is 3. The van der Waals surface area contributed by atoms with Crippen LogP contribution >= 0.6 is 0 Å². The van der Waals surface area contributed by atoms with Crippen LogP contribution in [0.1, 0.15) is 31.2 Å². The predicted octanol–water partition coefficient (Wildman–Crippen LogP) is 3.58. The van der Waals surface area contributed by atoms with Gasteiger partial charge in [0.15, 0.2) is 0 Å². The number of nitrogens with zero attached hydrogens (tertiary/aromatic N) is 3. The summed E-state index contributed by atoms with van der Waals surface area (Å²) in [6.07, 6.45) is -0.568. The minimum absolute atomic E-state index is 0.333. The van der Waals surface area contributed by atoms with Crippen LogP contribution in [0.3, 0.4) is 0 Å². The summed E-state index contributed by atoms with van der Waals surface area (Å²) in [5.74, 6) is 1.26. The van der Waals surface area contributed by atoms with E-state index in [0.29, 0.717) is 29.0 Å². The van der Waals surface area contributed by atoms with Gasteiger partial charge in [0.1, 0.15) is 17.6 Å². The Morgan fingerprint density at radius 3 is 2.34 bits per heavy atom. The molecule has 1 aliphatic rings. The van der Waals surface area contributed by atoms with E-state index in [9.17, 15) is 9.59 Å². The SMILES string of the molecule is COc1ccc([C@@H]2OCC(C)(C)n3c(-c4ccccc4)c4c(=O)n(C)c(=O)n(C)c4c32)c(OC)c1. The summed E-state index contributed by atoms with van der Waals surface area (Å²) in [5, 5.41) is 0.492. The standard InChI is InChI=1S/C27H29N3O5/c1-27(2)15-35-24(18-13-12-17(33-5)14-19(18)34-6)23-22-20(25(31)29(4)26(32)28(22)3)21(30(23)27)16-10-8-7-9-11-16/h7-14,24H,15H2,1-6H3/t24-/m0/s1. The third kappa shape index (κ3) is 3.31. The topological polar surface area (TPSA) is 76.6 Å². The third-order valence-corrected chi connectivity index (χ3v) is 6.84. The molecule has 8 nitrogen and oxygen atoms in total. The molecule has 182 valence electrons. The summed E-state index contributed by atoms with van der Waals surface area (Å²) in [6, 6.07) is 15.4. The smallest absolute Gasteiger partial charge is 0.331 e. The molecule has 4 aromatic rings. The minimum atomic E-state index is -0.568. The van der Waals surface area contributed by atoms with Crippen LogP contribution in [0.2, 0.25) is 0 Å². The molecule has 0 N–H and O–H groups in total. The number of aromatic nitrogens is 3. The first kappa shape index (κ1) is 23.0. The van der Waals surface area contributed by atoms with Gasteiger partial charge in [-0.3, -0.25) is 13.9 Å². The van der Waals surface area contributed by atoms with E-state index in [0.717, 1.165) is 27.1 Å². The van der Waals surface area contributed by atoms with Gasteiger partial charge in [-0.15, -0.1) is 0 Å². The van der Waals surface area contributed by atoms with Crippen LogP contribution in [-0.4, -0.2) is 34.5 Å². The Bertz CT molecular complexity index is 1560. The van der Waals surface area contributed by atoms with Crippen LogP contribution < -0.4 is 20.7 Å². The Morgan fingerprint density at radius 1 is 0.971 bits per heavy atom. The molecule has 2 aromatic carbocycles. The van der Waals surface area contributed by atoms with Crippen molar-refractivity contribution in [3.63, 3.8) is 0 Å². The number of ether oxygens (including phenoxy) is 3. The summed E-state index contributed by atoms with van der Waals surface area (Å²) in [5.41, 5.74) is 2.56. The number of rotatable bonds is 4. The molecule has 0 saturated carbocycles. The van der Waals surface area contributed by atoms with Crippen molar-refractivity contribution >= 4 is 10.9 Å². The highest BCUT2D eigenvalue weighted by atomic mass is 16.5. The molecule has 8 heteroatoms. The summed E-state index contributed by atoms with van der Waals surface area (Å²) in [6.45, 7) is 4.55. The fourth-order valence-corrected chi connectivity index (χ4v) is 5.14. The van der Waals surface area contributed by atoms with Gasteiger partial charge < -0.3 is 18.8 Å². The second-order valence-corrected chi connectivity index (χ2v) is 9.48. The van der Waals surface area contributed by atoms with Crippen molar-refractivity contribution in [1.82, 2.24) is 13.7 Å². The molecule has 0 unspecified atom stereocenters. The molecule has 0 amide bonds. The van der Waals surface area contributed by atoms with Crippen molar-refractivity contribution in [1.29, 1.82) is 0 Å². The van der Waals surface area contributed by atoms with Crippen LogP contribution in [0.15, 0.2) is 58.1 Å². The zero-order valence-electron chi connectivity index (χ0n) is 20.8. The van der Waals surface area contributed by atoms with Crippen molar-refractivity contribution in [3.05, 3.63) is 80.6 Å². The first-order chi connectivity index (χ1) is 16.7. The maximum absolute atomic E-state index is 13.6. The van der Waals surface area contributed by atoms with Gasteiger partial charge in [-0.25, -0.2) is 4.79 Å². The molecule has 1 atom stereocenters. The zero-order valence-corrected chi connectivity index (χ0v) is 20.8. The van der Waals surface area contributed by atoms with Crippen LogP contribution in [0, 0.1) is 0 Å². The fraction of sp³-hybridized carbons (Fsp3) is 0.333. The molecular weight excluding hydrogens is 446 g/mol. The number of hydrogen-bond donors (Lipinski definition) is 0. The van der Waals surface area contributed by atoms with E-state index >= 15 is 0 Å². The number of hydrogen-bond acceptors (Lipinski definition) is 5. The Hall–Kier alpha value is -3.78. The van der Waals surface area contributed by atoms with Crippen molar-refractivity contribution in [2.75, 3.05) is 20.8 Å². The van der Waals surface area contributed by atoms with E-state index in [-0.39, 0.29) is 11.2 Å². The number of benzene rings is 2. The first-order valence-corrected chi connectivity index (χ1v) is 11.4. The van der Waals surface area contributed by atoms with E-state index in [1.807, 2.05) is 48.5 Å². The first-order valence-electron chi connectivity index (χ1n) is 11.4. The average molecular weight is 476 g/mol. The van der Waals surface area contributed by atoms with E-state index < -0.39 is 11.6 Å². The van der Waals surface area contributed by atoms with E-state index in [4.69, 9.17) is 14.2 Å². The molecule has 0 radical (unpaired) electrons. The van der Waals surface area contributed by atoms with E-state index in [1.54, 1.807) is 25.8 Å². The maximum atomic E-state index is 13.6. The lowest BCUT2D eigenvalue weighted by molar-refractivity contribution is -0.00801. The molecule has 35 heavy (non-hydrogen) atoms. The summed E-state index contributed by atoms with van der Waals surface area (Å²) < 4.78 is 22.4. The summed E-state index contributed by atoms with van der Waals surface area (Å²) >= 11 is 0.